The van der Waals surface area contributed by atoms with E-state index in [0.29, 0.717) is 0 Å². The zero-order valence-electron chi connectivity index (χ0n) is 11.9. The molecule has 2 unspecified atom stereocenters. The van der Waals surface area contributed by atoms with Crippen molar-refractivity contribution in [3.8, 4) is 0 Å². The summed E-state index contributed by atoms with van der Waals surface area (Å²) in [6.45, 7) is 12.1. The molecular formula is C15H30N2. The lowest BCUT2D eigenvalue weighted by Gasteiger charge is -2.47. The number of piperidine rings is 1. The molecule has 2 aliphatic rings. The second-order valence-corrected chi connectivity index (χ2v) is 6.68. The van der Waals surface area contributed by atoms with E-state index in [2.05, 4.69) is 31.0 Å². The number of rotatable bonds is 5. The Labute approximate surface area is 107 Å². The molecule has 2 heteroatoms. The van der Waals surface area contributed by atoms with Gasteiger partial charge < -0.3 is 10.2 Å². The first-order chi connectivity index (χ1) is 8.16. The summed E-state index contributed by atoms with van der Waals surface area (Å²) in [5.74, 6) is 2.68. The number of nitrogens with zero attached hydrogens (tertiary/aromatic N) is 1. The molecule has 1 saturated carbocycles. The smallest absolute Gasteiger partial charge is 0.0136 e. The molecule has 1 aliphatic carbocycles. The molecule has 0 aromatic heterocycles. The highest BCUT2D eigenvalue weighted by atomic mass is 15.2. The van der Waals surface area contributed by atoms with Crippen LogP contribution in [0.4, 0.5) is 0 Å². The molecule has 2 rings (SSSR count). The highest BCUT2D eigenvalue weighted by Crippen LogP contribution is 2.34. The SMILES string of the molecule is CC(C)CNCC1CCC1N1CCC(C)CC1. The first kappa shape index (κ1) is 13.4. The van der Waals surface area contributed by atoms with E-state index >= 15 is 0 Å². The fourth-order valence-electron chi connectivity index (χ4n) is 3.19. The van der Waals surface area contributed by atoms with Gasteiger partial charge in [-0.25, -0.2) is 0 Å². The molecule has 0 spiro atoms. The van der Waals surface area contributed by atoms with Crippen LogP contribution in [-0.4, -0.2) is 37.1 Å². The second-order valence-electron chi connectivity index (χ2n) is 6.68. The van der Waals surface area contributed by atoms with Crippen molar-refractivity contribution >= 4 is 0 Å². The van der Waals surface area contributed by atoms with Crippen LogP contribution < -0.4 is 5.32 Å². The molecule has 1 N–H and O–H groups in total. The van der Waals surface area contributed by atoms with Crippen molar-refractivity contribution in [2.45, 2.75) is 52.5 Å². The first-order valence-electron chi connectivity index (χ1n) is 7.61. The van der Waals surface area contributed by atoms with E-state index < -0.39 is 0 Å². The Balaban J connectivity index is 1.67. The van der Waals surface area contributed by atoms with E-state index in [9.17, 15) is 0 Å². The average Bonchev–Trinajstić information content (AvgIpc) is 2.25. The topological polar surface area (TPSA) is 15.3 Å². The lowest BCUT2D eigenvalue weighted by molar-refractivity contribution is 0.0363. The van der Waals surface area contributed by atoms with Crippen LogP contribution in [0.25, 0.3) is 0 Å². The van der Waals surface area contributed by atoms with Crippen molar-refractivity contribution in [2.24, 2.45) is 17.8 Å². The highest BCUT2D eigenvalue weighted by Gasteiger charge is 2.35. The van der Waals surface area contributed by atoms with Gasteiger partial charge in [0, 0.05) is 6.04 Å². The number of likely N-dealkylation sites (tertiary alicyclic amines) is 1. The average molecular weight is 238 g/mol. The molecule has 100 valence electrons. The second kappa shape index (κ2) is 6.19. The number of hydrogen-bond donors (Lipinski definition) is 1. The van der Waals surface area contributed by atoms with Crippen LogP contribution >= 0.6 is 0 Å². The molecule has 0 aromatic carbocycles. The lowest BCUT2D eigenvalue weighted by atomic mass is 9.77. The molecule has 17 heavy (non-hydrogen) atoms. The Morgan fingerprint density at radius 2 is 1.82 bits per heavy atom. The van der Waals surface area contributed by atoms with E-state index in [1.807, 2.05) is 0 Å². The molecule has 0 radical (unpaired) electrons. The Hall–Kier alpha value is -0.0800. The van der Waals surface area contributed by atoms with Gasteiger partial charge in [0.15, 0.2) is 0 Å². The summed E-state index contributed by atoms with van der Waals surface area (Å²) in [7, 11) is 0. The van der Waals surface area contributed by atoms with Crippen LogP contribution in [0.5, 0.6) is 0 Å². The zero-order valence-corrected chi connectivity index (χ0v) is 11.9. The van der Waals surface area contributed by atoms with Gasteiger partial charge >= 0.3 is 0 Å². The minimum Gasteiger partial charge on any atom is -0.316 e. The molecule has 1 aliphatic heterocycles. The monoisotopic (exact) mass is 238 g/mol. The van der Waals surface area contributed by atoms with Gasteiger partial charge in [0.2, 0.25) is 0 Å². The van der Waals surface area contributed by atoms with Crippen LogP contribution in [0, 0.1) is 17.8 Å². The van der Waals surface area contributed by atoms with Gasteiger partial charge in [0.05, 0.1) is 0 Å². The van der Waals surface area contributed by atoms with E-state index in [1.54, 1.807) is 0 Å². The van der Waals surface area contributed by atoms with Crippen LogP contribution in [0.3, 0.4) is 0 Å². The van der Waals surface area contributed by atoms with Gasteiger partial charge in [-0.1, -0.05) is 20.8 Å². The largest absolute Gasteiger partial charge is 0.316 e. The Bertz CT molecular complexity index is 219. The van der Waals surface area contributed by atoms with Gasteiger partial charge in [-0.05, 0) is 69.6 Å². The van der Waals surface area contributed by atoms with E-state index in [4.69, 9.17) is 0 Å². The minimum atomic E-state index is 0.782. The number of nitrogens with one attached hydrogen (secondary N) is 1. The van der Waals surface area contributed by atoms with Crippen LogP contribution in [-0.2, 0) is 0 Å². The van der Waals surface area contributed by atoms with E-state index in [0.717, 1.165) is 23.8 Å². The molecule has 2 nitrogen and oxygen atoms in total. The third kappa shape index (κ3) is 3.69. The maximum absolute atomic E-state index is 3.64. The van der Waals surface area contributed by atoms with Crippen molar-refractivity contribution in [3.05, 3.63) is 0 Å². The van der Waals surface area contributed by atoms with Crippen molar-refractivity contribution in [3.63, 3.8) is 0 Å². The van der Waals surface area contributed by atoms with Crippen LogP contribution in [0.15, 0.2) is 0 Å². The predicted octanol–water partition coefficient (Wildman–Crippen LogP) is 2.74. The predicted molar refractivity (Wildman–Crippen MR) is 74.2 cm³/mol. The maximum atomic E-state index is 3.64. The minimum absolute atomic E-state index is 0.782. The molecular weight excluding hydrogens is 208 g/mol. The lowest BCUT2D eigenvalue weighted by Crippen LogP contribution is -2.52. The summed E-state index contributed by atoms with van der Waals surface area (Å²) in [5, 5.41) is 3.64. The normalized spacial score (nSPS) is 31.8. The molecule has 2 fully saturated rings. The number of hydrogen-bond acceptors (Lipinski definition) is 2. The van der Waals surface area contributed by atoms with Crippen LogP contribution in [0.2, 0.25) is 0 Å². The fourth-order valence-corrected chi connectivity index (χ4v) is 3.19. The van der Waals surface area contributed by atoms with Crippen molar-refractivity contribution in [2.75, 3.05) is 26.2 Å². The molecule has 0 bridgehead atoms. The zero-order chi connectivity index (χ0) is 12.3. The summed E-state index contributed by atoms with van der Waals surface area (Å²) in [6.07, 6.45) is 5.73. The standard InChI is InChI=1S/C15H30N2/c1-12(2)10-16-11-14-4-5-15(14)17-8-6-13(3)7-9-17/h12-16H,4-11H2,1-3H3. The van der Waals surface area contributed by atoms with Gasteiger partial charge in [-0.3, -0.25) is 0 Å². The van der Waals surface area contributed by atoms with Crippen LogP contribution in [0.1, 0.15) is 46.5 Å². The summed E-state index contributed by atoms with van der Waals surface area (Å²) < 4.78 is 0. The highest BCUT2D eigenvalue weighted by molar-refractivity contribution is 4.91. The Kier molecular flexibility index (Phi) is 4.87. The first-order valence-corrected chi connectivity index (χ1v) is 7.61. The van der Waals surface area contributed by atoms with Gasteiger partial charge in [0.1, 0.15) is 0 Å². The molecule has 2 atom stereocenters. The molecule has 1 saturated heterocycles. The van der Waals surface area contributed by atoms with Gasteiger partial charge in [0.25, 0.3) is 0 Å². The van der Waals surface area contributed by atoms with Crippen molar-refractivity contribution < 1.29 is 0 Å². The molecule has 0 amide bonds. The quantitative estimate of drug-likeness (QED) is 0.792. The van der Waals surface area contributed by atoms with Crippen molar-refractivity contribution in [1.82, 2.24) is 10.2 Å². The molecule has 0 aromatic rings. The van der Waals surface area contributed by atoms with E-state index in [1.165, 1.54) is 51.9 Å². The van der Waals surface area contributed by atoms with Gasteiger partial charge in [-0.15, -0.1) is 0 Å². The summed E-state index contributed by atoms with van der Waals surface area (Å²) in [4.78, 5) is 2.77. The summed E-state index contributed by atoms with van der Waals surface area (Å²) >= 11 is 0. The van der Waals surface area contributed by atoms with Gasteiger partial charge in [-0.2, -0.15) is 0 Å². The maximum Gasteiger partial charge on any atom is 0.0136 e. The van der Waals surface area contributed by atoms with Crippen molar-refractivity contribution in [1.29, 1.82) is 0 Å². The molecule has 1 heterocycles. The fraction of sp³-hybridized carbons (Fsp3) is 1.00. The Morgan fingerprint density at radius 1 is 1.12 bits per heavy atom. The summed E-state index contributed by atoms with van der Waals surface area (Å²) in [5.41, 5.74) is 0. The summed E-state index contributed by atoms with van der Waals surface area (Å²) in [6, 6.07) is 0.905. The third-order valence-electron chi connectivity index (χ3n) is 4.62. The third-order valence-corrected chi connectivity index (χ3v) is 4.62. The Morgan fingerprint density at radius 3 is 2.35 bits per heavy atom. The van der Waals surface area contributed by atoms with E-state index in [-0.39, 0.29) is 0 Å².